The number of nitrogens with one attached hydrogen (secondary N) is 1. The SMILES string of the molecule is CC(C)NCc1c(Cl)cccc1N(C)CC1(O)CCCC1. The third kappa shape index (κ3) is 4.35. The highest BCUT2D eigenvalue weighted by Gasteiger charge is 2.32. The van der Waals surface area contributed by atoms with Gasteiger partial charge in [0.05, 0.1) is 5.60 Å². The average Bonchev–Trinajstić information content (AvgIpc) is 2.83. The lowest BCUT2D eigenvalue weighted by Gasteiger charge is -2.31. The average molecular weight is 311 g/mol. The highest BCUT2D eigenvalue weighted by Crippen LogP contribution is 2.33. The number of rotatable bonds is 6. The molecular weight excluding hydrogens is 284 g/mol. The number of hydrogen-bond acceptors (Lipinski definition) is 3. The molecule has 1 saturated carbocycles. The highest BCUT2D eigenvalue weighted by atomic mass is 35.5. The Labute approximate surface area is 133 Å². The van der Waals surface area contributed by atoms with Gasteiger partial charge in [-0.25, -0.2) is 0 Å². The van der Waals surface area contributed by atoms with Crippen LogP contribution < -0.4 is 10.2 Å². The molecule has 2 N–H and O–H groups in total. The molecule has 118 valence electrons. The van der Waals surface area contributed by atoms with Crippen molar-refractivity contribution >= 4 is 17.3 Å². The summed E-state index contributed by atoms with van der Waals surface area (Å²) in [5.41, 5.74) is 1.67. The van der Waals surface area contributed by atoms with Gasteiger partial charge in [-0.05, 0) is 25.0 Å². The Morgan fingerprint density at radius 2 is 2.00 bits per heavy atom. The van der Waals surface area contributed by atoms with Crippen LogP contribution in [-0.2, 0) is 6.54 Å². The van der Waals surface area contributed by atoms with Gasteiger partial charge in [-0.3, -0.25) is 0 Å². The summed E-state index contributed by atoms with van der Waals surface area (Å²) in [5.74, 6) is 0. The van der Waals surface area contributed by atoms with E-state index >= 15 is 0 Å². The van der Waals surface area contributed by atoms with Crippen LogP contribution in [-0.4, -0.2) is 30.3 Å². The molecule has 0 spiro atoms. The predicted molar refractivity (Wildman–Crippen MR) is 90.1 cm³/mol. The smallest absolute Gasteiger partial charge is 0.0821 e. The molecule has 1 fully saturated rings. The molecule has 0 saturated heterocycles. The fraction of sp³-hybridized carbons (Fsp3) is 0.647. The van der Waals surface area contributed by atoms with E-state index in [1.165, 1.54) is 0 Å². The molecule has 21 heavy (non-hydrogen) atoms. The molecule has 1 aliphatic rings. The third-order valence-electron chi connectivity index (χ3n) is 4.26. The van der Waals surface area contributed by atoms with E-state index in [2.05, 4.69) is 30.1 Å². The van der Waals surface area contributed by atoms with Gasteiger partial charge >= 0.3 is 0 Å². The minimum absolute atomic E-state index is 0.415. The lowest BCUT2D eigenvalue weighted by atomic mass is 10.0. The first-order chi connectivity index (χ1) is 9.91. The van der Waals surface area contributed by atoms with E-state index in [1.807, 2.05) is 19.2 Å². The zero-order chi connectivity index (χ0) is 15.5. The van der Waals surface area contributed by atoms with Crippen LogP contribution in [0.4, 0.5) is 5.69 Å². The summed E-state index contributed by atoms with van der Waals surface area (Å²) in [4.78, 5) is 2.15. The van der Waals surface area contributed by atoms with E-state index in [0.29, 0.717) is 12.6 Å². The van der Waals surface area contributed by atoms with E-state index in [4.69, 9.17) is 11.6 Å². The van der Waals surface area contributed by atoms with E-state index in [9.17, 15) is 5.11 Å². The van der Waals surface area contributed by atoms with E-state index < -0.39 is 5.60 Å². The van der Waals surface area contributed by atoms with Crippen LogP contribution in [0.15, 0.2) is 18.2 Å². The molecule has 0 bridgehead atoms. The fourth-order valence-electron chi connectivity index (χ4n) is 3.10. The molecule has 1 aliphatic carbocycles. The van der Waals surface area contributed by atoms with Gasteiger partial charge in [0.25, 0.3) is 0 Å². The van der Waals surface area contributed by atoms with Crippen LogP contribution in [0.5, 0.6) is 0 Å². The van der Waals surface area contributed by atoms with Crippen molar-refractivity contribution in [3.8, 4) is 0 Å². The van der Waals surface area contributed by atoms with Gasteiger partial charge in [-0.15, -0.1) is 0 Å². The van der Waals surface area contributed by atoms with Crippen LogP contribution in [0.3, 0.4) is 0 Å². The Morgan fingerprint density at radius 1 is 1.33 bits per heavy atom. The van der Waals surface area contributed by atoms with Gasteiger partial charge in [0, 0.05) is 42.5 Å². The van der Waals surface area contributed by atoms with Gasteiger partial charge in [-0.2, -0.15) is 0 Å². The summed E-state index contributed by atoms with van der Waals surface area (Å²) in [5, 5.41) is 14.8. The Hall–Kier alpha value is -0.770. The lowest BCUT2D eigenvalue weighted by Crippen LogP contribution is -2.39. The molecule has 0 atom stereocenters. The maximum Gasteiger partial charge on any atom is 0.0821 e. The van der Waals surface area contributed by atoms with Crippen LogP contribution in [0, 0.1) is 0 Å². The molecular formula is C17H27ClN2O. The van der Waals surface area contributed by atoms with Crippen molar-refractivity contribution in [2.45, 2.75) is 57.7 Å². The number of anilines is 1. The number of aliphatic hydroxyl groups is 1. The van der Waals surface area contributed by atoms with Gasteiger partial charge < -0.3 is 15.3 Å². The summed E-state index contributed by atoms with van der Waals surface area (Å²) >= 11 is 6.38. The monoisotopic (exact) mass is 310 g/mol. The summed E-state index contributed by atoms with van der Waals surface area (Å²) < 4.78 is 0. The van der Waals surface area contributed by atoms with Crippen molar-refractivity contribution in [1.29, 1.82) is 0 Å². The molecule has 0 unspecified atom stereocenters. The van der Waals surface area contributed by atoms with Crippen molar-refractivity contribution in [1.82, 2.24) is 5.32 Å². The zero-order valence-electron chi connectivity index (χ0n) is 13.3. The number of benzene rings is 1. The molecule has 0 heterocycles. The number of halogens is 1. The van der Waals surface area contributed by atoms with Gasteiger partial charge in [0.1, 0.15) is 0 Å². The molecule has 3 nitrogen and oxygen atoms in total. The molecule has 4 heteroatoms. The molecule has 1 aromatic rings. The van der Waals surface area contributed by atoms with Crippen LogP contribution in [0.2, 0.25) is 5.02 Å². The first kappa shape index (κ1) is 16.6. The molecule has 0 aliphatic heterocycles. The van der Waals surface area contributed by atoms with Crippen LogP contribution >= 0.6 is 11.6 Å². The summed E-state index contributed by atoms with van der Waals surface area (Å²) in [6.07, 6.45) is 4.05. The number of hydrogen-bond donors (Lipinski definition) is 2. The first-order valence-electron chi connectivity index (χ1n) is 7.85. The van der Waals surface area contributed by atoms with Gasteiger partial charge in [0.15, 0.2) is 0 Å². The quantitative estimate of drug-likeness (QED) is 0.843. The third-order valence-corrected chi connectivity index (χ3v) is 4.61. The summed E-state index contributed by atoms with van der Waals surface area (Å²) in [6, 6.07) is 6.41. The second-order valence-electron chi connectivity index (χ2n) is 6.56. The normalized spacial score (nSPS) is 17.4. The minimum atomic E-state index is -0.542. The van der Waals surface area contributed by atoms with Crippen molar-refractivity contribution in [2.24, 2.45) is 0 Å². The second kappa shape index (κ2) is 6.99. The minimum Gasteiger partial charge on any atom is -0.388 e. The summed E-state index contributed by atoms with van der Waals surface area (Å²) in [7, 11) is 2.04. The largest absolute Gasteiger partial charge is 0.388 e. The number of likely N-dealkylation sites (N-methyl/N-ethyl adjacent to an activating group) is 1. The van der Waals surface area contributed by atoms with Gasteiger partial charge in [0.2, 0.25) is 0 Å². The first-order valence-corrected chi connectivity index (χ1v) is 8.23. The molecule has 0 amide bonds. The van der Waals surface area contributed by atoms with Crippen molar-refractivity contribution in [3.05, 3.63) is 28.8 Å². The van der Waals surface area contributed by atoms with Gasteiger partial charge in [-0.1, -0.05) is 44.4 Å². The zero-order valence-corrected chi connectivity index (χ0v) is 14.1. The summed E-state index contributed by atoms with van der Waals surface area (Å²) in [6.45, 7) is 5.67. The van der Waals surface area contributed by atoms with Crippen molar-refractivity contribution < 1.29 is 5.11 Å². The Balaban J connectivity index is 2.15. The topological polar surface area (TPSA) is 35.5 Å². The highest BCUT2D eigenvalue weighted by molar-refractivity contribution is 6.31. The van der Waals surface area contributed by atoms with Crippen molar-refractivity contribution in [2.75, 3.05) is 18.5 Å². The van der Waals surface area contributed by atoms with E-state index in [0.717, 1.165) is 48.5 Å². The van der Waals surface area contributed by atoms with Crippen LogP contribution in [0.1, 0.15) is 45.1 Å². The molecule has 0 radical (unpaired) electrons. The van der Waals surface area contributed by atoms with E-state index in [1.54, 1.807) is 0 Å². The molecule has 2 rings (SSSR count). The standard InChI is InChI=1S/C17H27ClN2O/c1-13(2)19-11-14-15(18)7-6-8-16(14)20(3)12-17(21)9-4-5-10-17/h6-8,13,19,21H,4-5,9-12H2,1-3H3. The maximum atomic E-state index is 10.6. The molecule has 1 aromatic carbocycles. The van der Waals surface area contributed by atoms with Crippen molar-refractivity contribution in [3.63, 3.8) is 0 Å². The Morgan fingerprint density at radius 3 is 2.62 bits per heavy atom. The van der Waals surface area contributed by atoms with Crippen LogP contribution in [0.25, 0.3) is 0 Å². The Kier molecular flexibility index (Phi) is 5.53. The predicted octanol–water partition coefficient (Wildman–Crippen LogP) is 3.58. The molecule has 0 aromatic heterocycles. The maximum absolute atomic E-state index is 10.6. The second-order valence-corrected chi connectivity index (χ2v) is 6.97. The lowest BCUT2D eigenvalue weighted by molar-refractivity contribution is 0.0559. The fourth-order valence-corrected chi connectivity index (χ4v) is 3.34. The number of nitrogens with zero attached hydrogens (tertiary/aromatic N) is 1. The van der Waals surface area contributed by atoms with E-state index in [-0.39, 0.29) is 0 Å². The Bertz CT molecular complexity index is 470.